The standard InChI is InChI=1S/C30H36FN3O9S2/c1-5-6-11-41-30(36)33-15-22(16-33)45(39,40)17-21-14-34(44(4,37)38)25-13-26-24(12-23(25)18(2)42-21)27(29(35)32-3)28(43-26)19-7-9-20(31)10-8-19/h7-10,12-13,18,21-22H,5-6,11,14-17H2,1-4H3,(H,32,35)/t18-,21-/m0/s1. The van der Waals surface area contributed by atoms with Gasteiger partial charge in [0.15, 0.2) is 9.84 Å². The van der Waals surface area contributed by atoms with Gasteiger partial charge in [-0.1, -0.05) is 13.3 Å². The number of nitrogens with zero attached hydrogens (tertiary/aromatic N) is 2. The van der Waals surface area contributed by atoms with E-state index >= 15 is 0 Å². The maximum atomic E-state index is 13.6. The summed E-state index contributed by atoms with van der Waals surface area (Å²) in [6.45, 7) is 3.59. The maximum Gasteiger partial charge on any atom is 0.409 e. The van der Waals surface area contributed by atoms with Gasteiger partial charge in [0.2, 0.25) is 10.0 Å². The Hall–Kier alpha value is -3.69. The second-order valence-electron chi connectivity index (χ2n) is 11.3. The van der Waals surface area contributed by atoms with Gasteiger partial charge in [0.25, 0.3) is 5.91 Å². The number of fused-ring (bicyclic) bond motifs is 2. The van der Waals surface area contributed by atoms with Gasteiger partial charge >= 0.3 is 6.09 Å². The van der Waals surface area contributed by atoms with E-state index in [9.17, 15) is 30.8 Å². The van der Waals surface area contributed by atoms with Gasteiger partial charge in [-0.2, -0.15) is 0 Å². The quantitative estimate of drug-likeness (QED) is 0.336. The van der Waals surface area contributed by atoms with E-state index in [1.807, 2.05) is 6.92 Å². The summed E-state index contributed by atoms with van der Waals surface area (Å²) in [7, 11) is -6.28. The largest absolute Gasteiger partial charge is 0.455 e. The molecule has 2 aliphatic heterocycles. The van der Waals surface area contributed by atoms with Crippen LogP contribution in [0.1, 0.15) is 48.7 Å². The molecule has 3 heterocycles. The molecule has 0 radical (unpaired) electrons. The van der Waals surface area contributed by atoms with Crippen molar-refractivity contribution in [3.05, 3.63) is 53.3 Å². The lowest BCUT2D eigenvalue weighted by atomic mass is 10.0. The van der Waals surface area contributed by atoms with Crippen LogP contribution in [0.25, 0.3) is 22.3 Å². The summed E-state index contributed by atoms with van der Waals surface area (Å²) in [5.74, 6) is -1.22. The van der Waals surface area contributed by atoms with E-state index in [0.717, 1.165) is 17.0 Å². The van der Waals surface area contributed by atoms with Crippen molar-refractivity contribution in [3.63, 3.8) is 0 Å². The van der Waals surface area contributed by atoms with Gasteiger partial charge in [0, 0.05) is 42.7 Å². The highest BCUT2D eigenvalue weighted by atomic mass is 32.2. The van der Waals surface area contributed by atoms with Crippen molar-refractivity contribution in [1.82, 2.24) is 10.2 Å². The number of unbranched alkanes of at least 4 members (excludes halogenated alkanes) is 1. The van der Waals surface area contributed by atoms with E-state index in [1.165, 1.54) is 42.3 Å². The van der Waals surface area contributed by atoms with Crippen LogP contribution in [0.4, 0.5) is 14.9 Å². The Balaban J connectivity index is 1.45. The monoisotopic (exact) mass is 665 g/mol. The number of rotatable bonds is 9. The van der Waals surface area contributed by atoms with Crippen LogP contribution in [0.5, 0.6) is 0 Å². The number of nitrogens with one attached hydrogen (secondary N) is 1. The fourth-order valence-electron chi connectivity index (χ4n) is 5.54. The Morgan fingerprint density at radius 3 is 2.40 bits per heavy atom. The molecule has 1 N–H and O–H groups in total. The first kappa shape index (κ1) is 32.7. The summed E-state index contributed by atoms with van der Waals surface area (Å²) in [5.41, 5.74) is 1.46. The molecule has 0 bridgehead atoms. The SMILES string of the molecule is CCCCOC(=O)N1CC(S(=O)(=O)C[C@@H]2CN(S(C)(=O)=O)c3cc4oc(-c5ccc(F)cc5)c(C(=O)NC)c4cc3[C@H](C)O2)C1. The van der Waals surface area contributed by atoms with Crippen LogP contribution in [-0.2, 0) is 29.3 Å². The van der Waals surface area contributed by atoms with Crippen molar-refractivity contribution in [2.45, 2.75) is 44.1 Å². The fraction of sp³-hybridized carbons (Fsp3) is 0.467. The van der Waals surface area contributed by atoms with Gasteiger partial charge in [0.05, 0.1) is 53.9 Å². The molecule has 1 aromatic heterocycles. The van der Waals surface area contributed by atoms with Crippen molar-refractivity contribution in [3.8, 4) is 11.3 Å². The molecule has 15 heteroatoms. The molecule has 0 spiro atoms. The van der Waals surface area contributed by atoms with Crippen LogP contribution in [0, 0.1) is 5.82 Å². The van der Waals surface area contributed by atoms with E-state index in [-0.39, 0.29) is 48.8 Å². The first-order chi connectivity index (χ1) is 21.2. The maximum absolute atomic E-state index is 13.6. The smallest absolute Gasteiger partial charge is 0.409 e. The lowest BCUT2D eigenvalue weighted by Gasteiger charge is -2.38. The second kappa shape index (κ2) is 12.6. The summed E-state index contributed by atoms with van der Waals surface area (Å²) >= 11 is 0. The fourth-order valence-corrected chi connectivity index (χ4v) is 8.29. The number of sulfone groups is 1. The number of hydrogen-bond donors (Lipinski definition) is 1. The highest BCUT2D eigenvalue weighted by molar-refractivity contribution is 7.92. The molecule has 1 saturated heterocycles. The topological polar surface area (TPSA) is 153 Å². The number of benzene rings is 2. The molecular weight excluding hydrogens is 629 g/mol. The summed E-state index contributed by atoms with van der Waals surface area (Å²) < 4.78 is 85.0. The summed E-state index contributed by atoms with van der Waals surface area (Å²) in [6, 6.07) is 8.53. The highest BCUT2D eigenvalue weighted by Gasteiger charge is 2.43. The van der Waals surface area contributed by atoms with E-state index in [4.69, 9.17) is 13.9 Å². The molecule has 45 heavy (non-hydrogen) atoms. The molecule has 12 nitrogen and oxygen atoms in total. The van der Waals surface area contributed by atoms with Gasteiger partial charge < -0.3 is 24.1 Å². The molecule has 1 fully saturated rings. The minimum atomic E-state index is -3.94. The summed E-state index contributed by atoms with van der Waals surface area (Å²) in [5, 5.41) is 2.14. The molecule has 2 amide bonds. The lowest BCUT2D eigenvalue weighted by Crippen LogP contribution is -2.58. The van der Waals surface area contributed by atoms with Crippen molar-refractivity contribution in [1.29, 1.82) is 0 Å². The molecule has 5 rings (SSSR count). The molecule has 0 unspecified atom stereocenters. The Labute approximate surface area is 261 Å². The Morgan fingerprint density at radius 2 is 1.78 bits per heavy atom. The summed E-state index contributed by atoms with van der Waals surface area (Å²) in [4.78, 5) is 26.5. The number of halogens is 1. The lowest BCUT2D eigenvalue weighted by molar-refractivity contribution is 0.0189. The Bertz CT molecular complexity index is 1820. The van der Waals surface area contributed by atoms with Gasteiger partial charge in [-0.05, 0) is 43.7 Å². The number of carbonyl (C=O) groups is 2. The average Bonchev–Trinajstić information content (AvgIpc) is 3.25. The van der Waals surface area contributed by atoms with Gasteiger partial charge in [-0.3, -0.25) is 9.10 Å². The number of anilines is 1. The van der Waals surface area contributed by atoms with Crippen LogP contribution in [0.3, 0.4) is 0 Å². The van der Waals surface area contributed by atoms with Crippen LogP contribution in [0.2, 0.25) is 0 Å². The zero-order chi connectivity index (χ0) is 32.7. The van der Waals surface area contributed by atoms with Crippen LogP contribution in [0.15, 0.2) is 40.8 Å². The zero-order valence-corrected chi connectivity index (χ0v) is 27.0. The Morgan fingerprint density at radius 1 is 1.09 bits per heavy atom. The predicted molar refractivity (Wildman–Crippen MR) is 166 cm³/mol. The van der Waals surface area contributed by atoms with E-state index < -0.39 is 60.9 Å². The molecule has 0 aliphatic carbocycles. The first-order valence-electron chi connectivity index (χ1n) is 14.6. The molecule has 0 saturated carbocycles. The number of furan rings is 1. The highest BCUT2D eigenvalue weighted by Crippen LogP contribution is 2.42. The average molecular weight is 666 g/mol. The van der Waals surface area contributed by atoms with Crippen molar-refractivity contribution < 1.29 is 44.7 Å². The van der Waals surface area contributed by atoms with Crippen LogP contribution >= 0.6 is 0 Å². The zero-order valence-electron chi connectivity index (χ0n) is 25.4. The number of sulfonamides is 1. The first-order valence-corrected chi connectivity index (χ1v) is 18.1. The number of amides is 2. The molecule has 2 atom stereocenters. The normalized spacial score (nSPS) is 19.1. The molecule has 244 valence electrons. The van der Waals surface area contributed by atoms with Crippen molar-refractivity contribution in [2.75, 3.05) is 49.6 Å². The van der Waals surface area contributed by atoms with E-state index in [1.54, 1.807) is 13.0 Å². The number of carbonyl (C=O) groups excluding carboxylic acids is 2. The molecule has 3 aromatic rings. The van der Waals surface area contributed by atoms with Crippen LogP contribution in [-0.4, -0.2) is 90.4 Å². The third kappa shape index (κ3) is 6.65. The summed E-state index contributed by atoms with van der Waals surface area (Å²) in [6.07, 6.45) is 0.221. The minimum absolute atomic E-state index is 0.0133. The number of hydrogen-bond acceptors (Lipinski definition) is 9. The van der Waals surface area contributed by atoms with Crippen molar-refractivity contribution >= 4 is 48.5 Å². The number of ether oxygens (including phenoxy) is 2. The van der Waals surface area contributed by atoms with Gasteiger partial charge in [-0.25, -0.2) is 26.0 Å². The molecule has 2 aliphatic rings. The van der Waals surface area contributed by atoms with E-state index in [0.29, 0.717) is 22.9 Å². The predicted octanol–water partition coefficient (Wildman–Crippen LogP) is 3.86. The van der Waals surface area contributed by atoms with Gasteiger partial charge in [-0.15, -0.1) is 0 Å². The van der Waals surface area contributed by atoms with Gasteiger partial charge in [0.1, 0.15) is 17.2 Å². The second-order valence-corrected chi connectivity index (χ2v) is 15.6. The van der Waals surface area contributed by atoms with Crippen molar-refractivity contribution in [2.24, 2.45) is 0 Å². The Kier molecular flexibility index (Phi) is 9.16. The van der Waals surface area contributed by atoms with E-state index in [2.05, 4.69) is 5.32 Å². The third-order valence-corrected chi connectivity index (χ3v) is 11.3. The molecular formula is C30H36FN3O9S2. The number of likely N-dealkylation sites (tertiary alicyclic amines) is 1. The molecule has 2 aromatic carbocycles. The van der Waals surface area contributed by atoms with Crippen LogP contribution < -0.4 is 9.62 Å². The third-order valence-electron chi connectivity index (χ3n) is 8.03. The minimum Gasteiger partial charge on any atom is -0.455 e.